The lowest BCUT2D eigenvalue weighted by atomic mass is 10.4. The van der Waals surface area contributed by atoms with E-state index in [1.165, 1.54) is 0 Å². The van der Waals surface area contributed by atoms with E-state index in [1.54, 1.807) is 5.32 Å². The summed E-state index contributed by atoms with van der Waals surface area (Å²) >= 11 is 0. The molecule has 2 amide bonds. The average molecular weight is 267 g/mol. The van der Waals surface area contributed by atoms with Crippen molar-refractivity contribution in [3.63, 3.8) is 0 Å². The van der Waals surface area contributed by atoms with Gasteiger partial charge in [-0.15, -0.1) is 0 Å². The molecule has 104 valence electrons. The number of hydrogen-bond acceptors (Lipinski definition) is 3. The van der Waals surface area contributed by atoms with Crippen LogP contribution in [-0.4, -0.2) is 43.7 Å². The molecule has 0 bridgehead atoms. The molecule has 0 saturated heterocycles. The van der Waals surface area contributed by atoms with Crippen LogP contribution in [0, 0.1) is 0 Å². The zero-order chi connectivity index (χ0) is 13.6. The van der Waals surface area contributed by atoms with E-state index in [2.05, 4.69) is 10.6 Å². The highest BCUT2D eigenvalue weighted by atomic mass is 19.4. The zero-order valence-corrected chi connectivity index (χ0v) is 9.77. The van der Waals surface area contributed by atoms with Crippen molar-refractivity contribution in [2.45, 2.75) is 31.5 Å². The molecule has 0 spiro atoms. The third kappa shape index (κ3) is 7.88. The second kappa shape index (κ2) is 6.58. The van der Waals surface area contributed by atoms with Gasteiger partial charge >= 0.3 is 6.18 Å². The van der Waals surface area contributed by atoms with Crippen molar-refractivity contribution in [2.75, 3.05) is 19.6 Å². The molecule has 0 heterocycles. The van der Waals surface area contributed by atoms with Crippen molar-refractivity contribution >= 4 is 11.8 Å². The van der Waals surface area contributed by atoms with Gasteiger partial charge < -0.3 is 16.0 Å². The van der Waals surface area contributed by atoms with E-state index < -0.39 is 18.6 Å². The van der Waals surface area contributed by atoms with Gasteiger partial charge in [0, 0.05) is 19.0 Å². The molecule has 5 nitrogen and oxygen atoms in total. The summed E-state index contributed by atoms with van der Waals surface area (Å²) in [5.41, 5.74) is 0. The van der Waals surface area contributed by atoms with E-state index >= 15 is 0 Å². The Hall–Kier alpha value is -1.31. The first-order valence-electron chi connectivity index (χ1n) is 5.70. The van der Waals surface area contributed by atoms with Crippen LogP contribution in [0.15, 0.2) is 0 Å². The van der Waals surface area contributed by atoms with Crippen LogP contribution in [0.25, 0.3) is 0 Å². The normalized spacial score (nSPS) is 15.3. The van der Waals surface area contributed by atoms with Crippen molar-refractivity contribution in [1.82, 2.24) is 16.0 Å². The van der Waals surface area contributed by atoms with Gasteiger partial charge in [-0.3, -0.25) is 9.59 Å². The maximum Gasteiger partial charge on any atom is 0.405 e. The molecule has 0 unspecified atom stereocenters. The number of alkyl halides is 3. The monoisotopic (exact) mass is 267 g/mol. The van der Waals surface area contributed by atoms with Gasteiger partial charge in [0.15, 0.2) is 0 Å². The molecule has 0 radical (unpaired) electrons. The molecule has 1 rings (SSSR count). The lowest BCUT2D eigenvalue weighted by molar-refractivity contribution is -0.137. The van der Waals surface area contributed by atoms with Crippen molar-refractivity contribution in [3.8, 4) is 0 Å². The number of rotatable bonds is 7. The van der Waals surface area contributed by atoms with Crippen LogP contribution in [0.1, 0.15) is 19.3 Å². The highest BCUT2D eigenvalue weighted by Gasteiger charge is 2.27. The van der Waals surface area contributed by atoms with E-state index in [4.69, 9.17) is 0 Å². The van der Waals surface area contributed by atoms with Crippen LogP contribution in [0.3, 0.4) is 0 Å². The summed E-state index contributed by atoms with van der Waals surface area (Å²) in [5.74, 6) is -0.851. The topological polar surface area (TPSA) is 70.2 Å². The molecule has 3 N–H and O–H groups in total. The first-order chi connectivity index (χ1) is 8.37. The minimum Gasteiger partial charge on any atom is -0.353 e. The van der Waals surface area contributed by atoms with E-state index in [0.29, 0.717) is 0 Å². The van der Waals surface area contributed by atoms with Crippen molar-refractivity contribution in [3.05, 3.63) is 0 Å². The zero-order valence-electron chi connectivity index (χ0n) is 9.77. The summed E-state index contributed by atoms with van der Waals surface area (Å²) in [6.07, 6.45) is -2.19. The fraction of sp³-hybridized carbons (Fsp3) is 0.800. The first-order valence-corrected chi connectivity index (χ1v) is 5.70. The summed E-state index contributed by atoms with van der Waals surface area (Å²) in [6.45, 7) is -1.31. The molecule has 0 aromatic carbocycles. The minimum absolute atomic E-state index is 0.110. The predicted molar refractivity (Wildman–Crippen MR) is 57.7 cm³/mol. The maximum atomic E-state index is 11.7. The lowest BCUT2D eigenvalue weighted by Gasteiger charge is -2.09. The van der Waals surface area contributed by atoms with Crippen LogP contribution in [0.2, 0.25) is 0 Å². The third-order valence-corrected chi connectivity index (χ3v) is 2.24. The van der Waals surface area contributed by atoms with Crippen molar-refractivity contribution < 1.29 is 22.8 Å². The molecular formula is C10H16F3N3O2. The molecule has 1 aliphatic rings. The summed E-state index contributed by atoms with van der Waals surface area (Å²) in [6, 6.07) is 0.285. The Bertz CT molecular complexity index is 303. The Morgan fingerprint density at radius 3 is 2.39 bits per heavy atom. The summed E-state index contributed by atoms with van der Waals surface area (Å²) in [5, 5.41) is 7.09. The van der Waals surface area contributed by atoms with Gasteiger partial charge in [0.25, 0.3) is 0 Å². The Balaban J connectivity index is 1.96. The smallest absolute Gasteiger partial charge is 0.353 e. The number of carbonyl (C=O) groups is 2. The molecule has 18 heavy (non-hydrogen) atoms. The van der Waals surface area contributed by atoms with Gasteiger partial charge in [0.05, 0.1) is 6.54 Å². The fourth-order valence-electron chi connectivity index (χ4n) is 1.19. The van der Waals surface area contributed by atoms with Crippen LogP contribution in [0.4, 0.5) is 13.2 Å². The SMILES string of the molecule is O=C(CNCCC(=O)NC1CC1)NCC(F)(F)F. The Morgan fingerprint density at radius 2 is 1.83 bits per heavy atom. The van der Waals surface area contributed by atoms with Crippen LogP contribution in [0.5, 0.6) is 0 Å². The molecule has 1 aliphatic carbocycles. The fourth-order valence-corrected chi connectivity index (χ4v) is 1.19. The molecule has 0 aliphatic heterocycles. The Kier molecular flexibility index (Phi) is 5.39. The minimum atomic E-state index is -4.40. The first kappa shape index (κ1) is 14.7. The number of nitrogens with one attached hydrogen (secondary N) is 3. The molecule has 0 aromatic heterocycles. The summed E-state index contributed by atoms with van der Waals surface area (Å²) < 4.78 is 35.2. The van der Waals surface area contributed by atoms with Gasteiger partial charge in [0.1, 0.15) is 6.54 Å². The van der Waals surface area contributed by atoms with Gasteiger partial charge in [-0.05, 0) is 12.8 Å². The molecule has 0 aromatic rings. The van der Waals surface area contributed by atoms with Gasteiger partial charge in [-0.25, -0.2) is 0 Å². The molecule has 0 atom stereocenters. The second-order valence-electron chi connectivity index (χ2n) is 4.16. The Morgan fingerprint density at radius 1 is 1.17 bits per heavy atom. The van der Waals surface area contributed by atoms with Crippen LogP contribution < -0.4 is 16.0 Å². The van der Waals surface area contributed by atoms with E-state index in [9.17, 15) is 22.8 Å². The molecule has 1 saturated carbocycles. The van der Waals surface area contributed by atoms with Gasteiger partial charge in [-0.2, -0.15) is 13.2 Å². The van der Waals surface area contributed by atoms with Crippen molar-refractivity contribution in [2.24, 2.45) is 0 Å². The third-order valence-electron chi connectivity index (χ3n) is 2.24. The molecular weight excluding hydrogens is 251 g/mol. The quantitative estimate of drug-likeness (QED) is 0.565. The largest absolute Gasteiger partial charge is 0.405 e. The van der Waals surface area contributed by atoms with E-state index in [-0.39, 0.29) is 31.5 Å². The van der Waals surface area contributed by atoms with Crippen molar-refractivity contribution in [1.29, 1.82) is 0 Å². The van der Waals surface area contributed by atoms with E-state index in [1.807, 2.05) is 0 Å². The van der Waals surface area contributed by atoms with E-state index in [0.717, 1.165) is 12.8 Å². The highest BCUT2D eigenvalue weighted by molar-refractivity contribution is 5.78. The summed E-state index contributed by atoms with van der Waals surface area (Å²) in [4.78, 5) is 22.1. The standard InChI is InChI=1S/C10H16F3N3O2/c11-10(12,13)6-15-9(18)5-14-4-3-8(17)16-7-1-2-7/h7,14H,1-6H2,(H,15,18)(H,16,17). The Labute approximate surface area is 102 Å². The molecule has 8 heteroatoms. The lowest BCUT2D eigenvalue weighted by Crippen LogP contribution is -2.40. The number of carbonyl (C=O) groups excluding carboxylic acids is 2. The predicted octanol–water partition coefficient (Wildman–Crippen LogP) is -0.0768. The molecule has 1 fully saturated rings. The maximum absolute atomic E-state index is 11.7. The average Bonchev–Trinajstić information content (AvgIpc) is 3.04. The second-order valence-corrected chi connectivity index (χ2v) is 4.16. The summed E-state index contributed by atoms with van der Waals surface area (Å²) in [7, 11) is 0. The van der Waals surface area contributed by atoms with Crippen LogP contribution in [-0.2, 0) is 9.59 Å². The number of amides is 2. The number of hydrogen-bond donors (Lipinski definition) is 3. The van der Waals surface area contributed by atoms with Gasteiger partial charge in [0.2, 0.25) is 11.8 Å². The number of halogens is 3. The highest BCUT2D eigenvalue weighted by Crippen LogP contribution is 2.18. The van der Waals surface area contributed by atoms with Crippen LogP contribution >= 0.6 is 0 Å². The van der Waals surface area contributed by atoms with Gasteiger partial charge in [-0.1, -0.05) is 0 Å².